The minimum atomic E-state index is -0.469. The maximum atomic E-state index is 13.2. The Balaban J connectivity index is 0.917. The van der Waals surface area contributed by atoms with E-state index in [1.807, 2.05) is 51.4 Å². The van der Waals surface area contributed by atoms with E-state index in [1.54, 1.807) is 23.1 Å². The lowest BCUT2D eigenvalue weighted by Crippen LogP contribution is -2.39. The number of imide groups is 1. The number of rotatable bonds is 6. The van der Waals surface area contributed by atoms with Crippen LogP contribution in [0.15, 0.2) is 70.3 Å². The number of anilines is 2. The van der Waals surface area contributed by atoms with E-state index < -0.39 is 5.92 Å². The molecule has 4 aromatic heterocycles. The van der Waals surface area contributed by atoms with Crippen molar-refractivity contribution < 1.29 is 23.5 Å². The highest BCUT2D eigenvalue weighted by Crippen LogP contribution is 2.41. The third-order valence-corrected chi connectivity index (χ3v) is 11.8. The minimum Gasteiger partial charge on any atom is -0.464 e. The molecule has 7 heterocycles. The number of fused-ring (bicyclic) bond motifs is 3. The van der Waals surface area contributed by atoms with Gasteiger partial charge in [-0.2, -0.15) is 0 Å². The molecule has 298 valence electrons. The lowest BCUT2D eigenvalue weighted by Gasteiger charge is -2.33. The van der Waals surface area contributed by atoms with Gasteiger partial charge in [-0.1, -0.05) is 11.8 Å². The van der Waals surface area contributed by atoms with Crippen molar-refractivity contribution in [2.45, 2.75) is 64.2 Å². The van der Waals surface area contributed by atoms with Gasteiger partial charge < -0.3 is 23.9 Å². The van der Waals surface area contributed by atoms with Gasteiger partial charge in [0, 0.05) is 72.5 Å². The van der Waals surface area contributed by atoms with Crippen molar-refractivity contribution in [1.29, 1.82) is 0 Å². The van der Waals surface area contributed by atoms with Gasteiger partial charge in [0.15, 0.2) is 5.82 Å². The summed E-state index contributed by atoms with van der Waals surface area (Å²) >= 11 is 0. The molecule has 3 aliphatic heterocycles. The monoisotopic (exact) mass is 789 g/mol. The first-order valence-corrected chi connectivity index (χ1v) is 20.1. The molecule has 2 saturated heterocycles. The lowest BCUT2D eigenvalue weighted by atomic mass is 9.89. The standard InChI is InChI=1S/C46H43N7O6/c1-26-18-31(23-48-42(26)45(56)47-14-4-6-28-8-10-40-33(20-28)35(25-59-40)32-9-11-41(54)51-44(32)55)43-49-24-39-36(50-43)7-5-15-53(39)38-22-30(29-12-16-58-17-13-29)21-37-34(38)19-27(2)46(57)52(37)3/h8,10,18-25,29,32H,5,7,9,11-17H2,1-3H3,(H,47,56)(H,51,54,55). The highest BCUT2D eigenvalue weighted by atomic mass is 16.5. The van der Waals surface area contributed by atoms with Crippen LogP contribution in [0.5, 0.6) is 0 Å². The molecule has 13 nitrogen and oxygen atoms in total. The van der Waals surface area contributed by atoms with Crippen molar-refractivity contribution in [1.82, 2.24) is 30.2 Å². The third kappa shape index (κ3) is 7.25. The number of ether oxygens (including phenoxy) is 1. The molecule has 0 radical (unpaired) electrons. The Bertz CT molecular complexity index is 2820. The second-order valence-corrected chi connectivity index (χ2v) is 15.6. The molecule has 2 aromatic carbocycles. The van der Waals surface area contributed by atoms with E-state index in [4.69, 9.17) is 19.1 Å². The quantitative estimate of drug-likeness (QED) is 0.151. The van der Waals surface area contributed by atoms with Gasteiger partial charge in [0.2, 0.25) is 11.8 Å². The highest BCUT2D eigenvalue weighted by molar-refractivity contribution is 6.03. The Morgan fingerprint density at radius 1 is 0.949 bits per heavy atom. The fraction of sp³-hybridized carbons (Fsp3) is 0.326. The van der Waals surface area contributed by atoms with Crippen molar-refractivity contribution >= 4 is 51.0 Å². The van der Waals surface area contributed by atoms with Crippen molar-refractivity contribution in [3.63, 3.8) is 0 Å². The zero-order valence-corrected chi connectivity index (χ0v) is 33.2. The number of carbonyl (C=O) groups is 3. The molecule has 6 aromatic rings. The third-order valence-electron chi connectivity index (χ3n) is 11.8. The topological polar surface area (TPSA) is 162 Å². The Kier molecular flexibility index (Phi) is 10.0. The van der Waals surface area contributed by atoms with Crippen LogP contribution < -0.4 is 21.1 Å². The average molecular weight is 790 g/mol. The molecule has 2 N–H and O–H groups in total. The summed E-state index contributed by atoms with van der Waals surface area (Å²) in [5.74, 6) is 5.56. The molecule has 13 heteroatoms. The Morgan fingerprint density at radius 2 is 1.80 bits per heavy atom. The Labute approximate surface area is 340 Å². The Morgan fingerprint density at radius 3 is 2.61 bits per heavy atom. The first kappa shape index (κ1) is 37.9. The van der Waals surface area contributed by atoms with Crippen molar-refractivity contribution in [2.24, 2.45) is 7.05 Å². The van der Waals surface area contributed by atoms with Crippen LogP contribution in [0, 0.1) is 25.7 Å². The van der Waals surface area contributed by atoms with E-state index in [0.29, 0.717) is 46.0 Å². The zero-order chi connectivity index (χ0) is 40.8. The largest absolute Gasteiger partial charge is 0.464 e. The second kappa shape index (κ2) is 15.6. The minimum absolute atomic E-state index is 0.00470. The highest BCUT2D eigenvalue weighted by Gasteiger charge is 2.31. The van der Waals surface area contributed by atoms with E-state index in [9.17, 15) is 19.2 Å². The molecule has 1 unspecified atom stereocenters. The van der Waals surface area contributed by atoms with E-state index in [-0.39, 0.29) is 41.9 Å². The molecular weight excluding hydrogens is 747 g/mol. The van der Waals surface area contributed by atoms with Gasteiger partial charge >= 0.3 is 0 Å². The van der Waals surface area contributed by atoms with E-state index in [2.05, 4.69) is 44.5 Å². The van der Waals surface area contributed by atoms with Crippen LogP contribution in [0.3, 0.4) is 0 Å². The summed E-state index contributed by atoms with van der Waals surface area (Å²) in [6, 6.07) is 13.8. The number of aromatic nitrogens is 4. The van der Waals surface area contributed by atoms with Crippen LogP contribution in [0.4, 0.5) is 11.4 Å². The zero-order valence-electron chi connectivity index (χ0n) is 33.2. The smallest absolute Gasteiger partial charge is 0.270 e. The van der Waals surface area contributed by atoms with Crippen molar-refractivity contribution in [3.05, 3.63) is 111 Å². The maximum absolute atomic E-state index is 13.2. The summed E-state index contributed by atoms with van der Waals surface area (Å²) in [5, 5.41) is 7.03. The molecule has 0 bridgehead atoms. The number of aryl methyl sites for hydroxylation is 4. The van der Waals surface area contributed by atoms with Crippen LogP contribution in [0.1, 0.15) is 87.9 Å². The number of carbonyl (C=O) groups excluding carboxylic acids is 3. The van der Waals surface area contributed by atoms with Gasteiger partial charge in [0.05, 0.1) is 47.5 Å². The normalized spacial score (nSPS) is 17.1. The summed E-state index contributed by atoms with van der Waals surface area (Å²) < 4.78 is 13.1. The molecular formula is C46H43N7O6. The molecule has 2 fully saturated rings. The van der Waals surface area contributed by atoms with Gasteiger partial charge in [0.1, 0.15) is 11.3 Å². The number of amides is 3. The molecule has 59 heavy (non-hydrogen) atoms. The number of furan rings is 1. The predicted octanol–water partition coefficient (Wildman–Crippen LogP) is 6.03. The van der Waals surface area contributed by atoms with Crippen LogP contribution >= 0.6 is 0 Å². The summed E-state index contributed by atoms with van der Waals surface area (Å²) in [5.41, 5.74) is 9.49. The maximum Gasteiger partial charge on any atom is 0.270 e. The number of hydrogen-bond acceptors (Lipinski definition) is 10. The fourth-order valence-corrected chi connectivity index (χ4v) is 8.62. The van der Waals surface area contributed by atoms with E-state index >= 15 is 0 Å². The summed E-state index contributed by atoms with van der Waals surface area (Å²) in [6.45, 7) is 6.05. The molecule has 9 rings (SSSR count). The molecule has 0 aliphatic carbocycles. The second-order valence-electron chi connectivity index (χ2n) is 15.6. The molecule has 1 atom stereocenters. The number of pyridine rings is 2. The molecule has 3 amide bonds. The number of hydrogen-bond donors (Lipinski definition) is 2. The summed E-state index contributed by atoms with van der Waals surface area (Å²) in [7, 11) is 1.85. The predicted molar refractivity (Wildman–Crippen MR) is 223 cm³/mol. The lowest BCUT2D eigenvalue weighted by molar-refractivity contribution is -0.134. The number of nitrogens with one attached hydrogen (secondary N) is 2. The number of piperidine rings is 1. The van der Waals surface area contributed by atoms with Crippen LogP contribution in [0.2, 0.25) is 0 Å². The van der Waals surface area contributed by atoms with Crippen LogP contribution in [-0.2, 0) is 27.8 Å². The molecule has 0 spiro atoms. The van der Waals surface area contributed by atoms with Gasteiger partial charge in [-0.15, -0.1) is 0 Å². The molecule has 3 aliphatic rings. The first-order chi connectivity index (χ1) is 28.6. The van der Waals surface area contributed by atoms with E-state index in [1.165, 1.54) is 5.56 Å². The van der Waals surface area contributed by atoms with Gasteiger partial charge in [-0.3, -0.25) is 29.5 Å². The summed E-state index contributed by atoms with van der Waals surface area (Å²) in [4.78, 5) is 67.1. The molecule has 0 saturated carbocycles. The summed E-state index contributed by atoms with van der Waals surface area (Å²) in [6.07, 6.45) is 9.35. The number of benzene rings is 2. The number of nitrogens with zero attached hydrogens (tertiary/aromatic N) is 5. The fourth-order valence-electron chi connectivity index (χ4n) is 8.62. The SMILES string of the molecule is Cc1cc(-c2ncc3c(n2)CCCN3c2cc(C3CCOCC3)cc3c2cc(C)c(=O)n3C)cnc1C(=O)NCC#Cc1ccc2occ(C3CCC(=O)NC3=O)c2c1. The van der Waals surface area contributed by atoms with Crippen molar-refractivity contribution in [2.75, 3.05) is 31.2 Å². The van der Waals surface area contributed by atoms with E-state index in [0.717, 1.165) is 84.4 Å². The van der Waals surface area contributed by atoms with Gasteiger partial charge in [-0.05, 0) is 105 Å². The average Bonchev–Trinajstić information content (AvgIpc) is 3.67. The van der Waals surface area contributed by atoms with Crippen LogP contribution in [-0.4, -0.2) is 63.5 Å². The van der Waals surface area contributed by atoms with Crippen molar-refractivity contribution in [3.8, 4) is 23.2 Å². The van der Waals surface area contributed by atoms with Gasteiger partial charge in [-0.25, -0.2) is 9.97 Å². The first-order valence-electron chi connectivity index (χ1n) is 20.1. The van der Waals surface area contributed by atoms with Gasteiger partial charge in [0.25, 0.3) is 11.5 Å². The van der Waals surface area contributed by atoms with Crippen LogP contribution in [0.25, 0.3) is 33.3 Å². The Hall–Kier alpha value is -6.65.